The number of carboxylic acid groups (broad SMARTS) is 4. The summed E-state index contributed by atoms with van der Waals surface area (Å²) < 4.78 is 135. The fraction of sp³-hybridized carbons (Fsp3) is 0.464. The normalized spacial score (nSPS) is 11.8. The van der Waals surface area contributed by atoms with Crippen molar-refractivity contribution in [3.05, 3.63) is 117 Å². The number of alkyl halides is 3. The lowest BCUT2D eigenvalue weighted by Crippen LogP contribution is -2.17. The first kappa shape index (κ1) is 72.8. The minimum atomic E-state index is -4.50. The van der Waals surface area contributed by atoms with Crippen LogP contribution in [0.5, 0.6) is 0 Å². The molecule has 0 heterocycles. The van der Waals surface area contributed by atoms with Crippen LogP contribution in [0, 0.1) is 11.8 Å². The topological polar surface area (TPSA) is 332 Å². The van der Waals surface area contributed by atoms with Crippen LogP contribution < -0.4 is 5.73 Å². The Morgan fingerprint density at radius 2 is 0.753 bits per heavy atom. The van der Waals surface area contributed by atoms with E-state index in [0.717, 1.165) is 35.7 Å². The van der Waals surface area contributed by atoms with E-state index in [1.807, 2.05) is 6.92 Å². The van der Waals surface area contributed by atoms with E-state index >= 15 is 0 Å². The van der Waals surface area contributed by atoms with Crippen LogP contribution in [0.1, 0.15) is 126 Å². The number of aliphatic hydroxyl groups is 1. The first-order valence-corrected chi connectivity index (χ1v) is 31.6. The lowest BCUT2D eigenvalue weighted by atomic mass is 10.0. The molecule has 0 aliphatic carbocycles. The molecule has 25 heteroatoms. The van der Waals surface area contributed by atoms with Gasteiger partial charge in [-0.2, -0.15) is 13.2 Å². The van der Waals surface area contributed by atoms with Crippen LogP contribution in [-0.2, 0) is 103 Å². The van der Waals surface area contributed by atoms with E-state index in [1.165, 1.54) is 38.1 Å². The Morgan fingerprint density at radius 1 is 0.469 bits per heavy atom. The van der Waals surface area contributed by atoms with Gasteiger partial charge in [0.1, 0.15) is 0 Å². The number of aliphatic hydroxyl groups excluding tert-OH is 1. The van der Waals surface area contributed by atoms with Crippen molar-refractivity contribution in [2.24, 2.45) is 5.73 Å². The van der Waals surface area contributed by atoms with Crippen molar-refractivity contribution in [2.75, 3.05) is 13.2 Å². The summed E-state index contributed by atoms with van der Waals surface area (Å²) >= 11 is 0. The molecule has 450 valence electrons. The molecule has 0 saturated carbocycles. The summed E-state index contributed by atoms with van der Waals surface area (Å²) in [4.78, 5) is 43.3. The number of sulfone groups is 4. The SMILES string of the molecule is CC(C)S(=O)(=O)c1cc(CC(=O)O)cc(CC(F)(F)F)c1.CC(C)S(=O)(=O)c1cc(CCCN)cc(CC(=O)O)c1.CC(C)S(=O)(=O)c1cc(CCCO)cc(CC(=O)O)c1.CCC#Cc1cc(CC(=O)O)cc(S(=O)(=O)C(C)C)c1. The van der Waals surface area contributed by atoms with Gasteiger partial charge in [-0.1, -0.05) is 37.0 Å². The predicted octanol–water partition coefficient (Wildman–Crippen LogP) is 7.67. The molecule has 0 saturated heterocycles. The molecule has 0 spiro atoms. The molecule has 4 rings (SSSR count). The average molecular weight is 1220 g/mol. The summed E-state index contributed by atoms with van der Waals surface area (Å²) in [6.07, 6.45) is -3.90. The summed E-state index contributed by atoms with van der Waals surface area (Å²) in [7, 11) is -14.1. The van der Waals surface area contributed by atoms with E-state index in [9.17, 15) is 66.0 Å². The standard InChI is InChI=1S/C15H18O4S.C14H21NO4S.C14H20O5S.C13H15F3O4S/c1-4-5-6-12-7-13(10-15(16)17)9-14(8-12)20(18,19)11(2)3;2*1-10(2)20(18,19)13-7-11(4-3-5-15)6-12(8-13)9-14(16)17;1-8(2)21(19,20)11-4-9(6-12(17)18)3-10(5-11)7-13(14,15)16/h7-9,11H,4,10H2,1-3H3,(H,16,17);6-8,10H,3-5,9,15H2,1-2H3,(H,16,17);6-8,10,15H,3-5,9H2,1-2H3,(H,16,17);3-5,8H,6-7H2,1-2H3,(H,17,18). The molecule has 4 aromatic carbocycles. The molecule has 0 aliphatic rings. The monoisotopic (exact) mass is 1220 g/mol. The van der Waals surface area contributed by atoms with Crippen molar-refractivity contribution in [3.63, 3.8) is 0 Å². The molecule has 81 heavy (non-hydrogen) atoms. The van der Waals surface area contributed by atoms with Gasteiger partial charge in [-0.25, -0.2) is 33.7 Å². The summed E-state index contributed by atoms with van der Waals surface area (Å²) in [6.45, 7) is 14.8. The predicted molar refractivity (Wildman–Crippen MR) is 300 cm³/mol. The zero-order valence-corrected chi connectivity index (χ0v) is 50.0. The van der Waals surface area contributed by atoms with Crippen molar-refractivity contribution >= 4 is 63.2 Å². The van der Waals surface area contributed by atoms with Gasteiger partial charge >= 0.3 is 30.1 Å². The summed E-state index contributed by atoms with van der Waals surface area (Å²) in [5, 5.41) is 41.7. The number of rotatable bonds is 23. The minimum Gasteiger partial charge on any atom is -0.481 e. The molecule has 0 radical (unpaired) electrons. The van der Waals surface area contributed by atoms with Gasteiger partial charge in [-0.05, 0) is 181 Å². The minimum absolute atomic E-state index is 0.00935. The molecule has 0 fully saturated rings. The number of hydrogen-bond donors (Lipinski definition) is 6. The van der Waals surface area contributed by atoms with Crippen LogP contribution in [0.3, 0.4) is 0 Å². The van der Waals surface area contributed by atoms with Crippen LogP contribution in [0.15, 0.2) is 92.4 Å². The fourth-order valence-electron chi connectivity index (χ4n) is 7.17. The van der Waals surface area contributed by atoms with E-state index in [0.29, 0.717) is 54.5 Å². The van der Waals surface area contributed by atoms with Gasteiger partial charge in [0, 0.05) is 18.6 Å². The summed E-state index contributed by atoms with van der Waals surface area (Å²) in [6, 6.07) is 17.2. The Bertz CT molecular complexity index is 3240. The zero-order valence-electron chi connectivity index (χ0n) is 46.7. The van der Waals surface area contributed by atoms with Crippen LogP contribution in [0.25, 0.3) is 0 Å². The summed E-state index contributed by atoms with van der Waals surface area (Å²) in [5.41, 5.74) is 8.72. The molecule has 0 aliphatic heterocycles. The van der Waals surface area contributed by atoms with Crippen molar-refractivity contribution in [3.8, 4) is 11.8 Å². The van der Waals surface area contributed by atoms with Crippen LogP contribution in [-0.4, -0.2) is 123 Å². The molecular formula is C56H74F3NO17S4. The number of nitrogens with two attached hydrogens (primary N) is 1. The largest absolute Gasteiger partial charge is 0.481 e. The number of carbonyl (C=O) groups is 4. The maximum Gasteiger partial charge on any atom is 0.393 e. The second kappa shape index (κ2) is 32.5. The second-order valence-electron chi connectivity index (χ2n) is 19.6. The average Bonchev–Trinajstić information content (AvgIpc) is 3.33. The van der Waals surface area contributed by atoms with Crippen LogP contribution in [0.4, 0.5) is 13.2 Å². The van der Waals surface area contributed by atoms with Crippen LogP contribution >= 0.6 is 0 Å². The number of halogens is 3. The van der Waals surface area contributed by atoms with E-state index in [2.05, 4.69) is 11.8 Å². The van der Waals surface area contributed by atoms with E-state index in [-0.39, 0.29) is 56.6 Å². The first-order valence-electron chi connectivity index (χ1n) is 25.4. The molecule has 0 aromatic heterocycles. The van der Waals surface area contributed by atoms with Gasteiger partial charge in [0.2, 0.25) is 0 Å². The molecule has 4 aromatic rings. The van der Waals surface area contributed by atoms with Crippen LogP contribution in [0.2, 0.25) is 0 Å². The van der Waals surface area contributed by atoms with Gasteiger partial charge < -0.3 is 31.3 Å². The molecule has 0 atom stereocenters. The third-order valence-corrected chi connectivity index (χ3v) is 19.9. The number of aliphatic carboxylic acids is 4. The summed E-state index contributed by atoms with van der Waals surface area (Å²) in [5.74, 6) is 1.49. The molecule has 0 unspecified atom stereocenters. The van der Waals surface area contributed by atoms with Crippen molar-refractivity contribution in [1.29, 1.82) is 0 Å². The lowest BCUT2D eigenvalue weighted by molar-refractivity contribution is -0.137. The smallest absolute Gasteiger partial charge is 0.393 e. The fourth-order valence-corrected chi connectivity index (χ4v) is 11.9. The van der Waals surface area contributed by atoms with E-state index in [1.54, 1.807) is 71.9 Å². The Hall–Kier alpha value is -6.17. The Labute approximate surface area is 473 Å². The first-order chi connectivity index (χ1) is 37.2. The number of benzene rings is 4. The lowest BCUT2D eigenvalue weighted by Gasteiger charge is -2.13. The van der Waals surface area contributed by atoms with Gasteiger partial charge in [0.15, 0.2) is 39.3 Å². The van der Waals surface area contributed by atoms with E-state index < -0.39 is 103 Å². The van der Waals surface area contributed by atoms with Gasteiger partial charge in [-0.15, -0.1) is 0 Å². The molecule has 0 bridgehead atoms. The van der Waals surface area contributed by atoms with Gasteiger partial charge in [0.25, 0.3) is 0 Å². The van der Waals surface area contributed by atoms with E-state index in [4.69, 9.17) is 31.3 Å². The Balaban J connectivity index is 0.000000540. The highest BCUT2D eigenvalue weighted by atomic mass is 32.2. The van der Waals surface area contributed by atoms with Crippen molar-refractivity contribution < 1.29 is 91.6 Å². The molecule has 0 amide bonds. The molecular weight excluding hydrogens is 1140 g/mol. The number of aryl methyl sites for hydroxylation is 2. The quantitative estimate of drug-likeness (QED) is 0.0388. The number of hydrogen-bond acceptors (Lipinski definition) is 14. The maximum absolute atomic E-state index is 12.5. The highest BCUT2D eigenvalue weighted by Gasteiger charge is 2.30. The second-order valence-corrected chi connectivity index (χ2v) is 29.7. The zero-order chi connectivity index (χ0) is 62.4. The maximum atomic E-state index is 12.5. The molecule has 18 nitrogen and oxygen atoms in total. The number of carboxylic acids is 4. The molecule has 7 N–H and O–H groups in total. The van der Waals surface area contributed by atoms with Gasteiger partial charge in [-0.3, -0.25) is 19.2 Å². The highest BCUT2D eigenvalue weighted by Crippen LogP contribution is 2.27. The van der Waals surface area contributed by atoms with Crippen molar-refractivity contribution in [2.45, 2.75) is 173 Å². The van der Waals surface area contributed by atoms with Crippen molar-refractivity contribution in [1.82, 2.24) is 0 Å². The van der Waals surface area contributed by atoms with Gasteiger partial charge in [0.05, 0.1) is 72.7 Å². The highest BCUT2D eigenvalue weighted by molar-refractivity contribution is 7.92. The third-order valence-electron chi connectivity index (χ3n) is 11.4. The third kappa shape index (κ3) is 25.2. The Kier molecular flexibility index (Phi) is 29.2. The Morgan fingerprint density at radius 3 is 1.04 bits per heavy atom.